The highest BCUT2D eigenvalue weighted by Crippen LogP contribution is 2.28. The molecule has 2 aromatic carbocycles. The highest BCUT2D eigenvalue weighted by atomic mass is 35.5. The Morgan fingerprint density at radius 1 is 1.10 bits per heavy atom. The molecule has 0 saturated heterocycles. The molecule has 2 aromatic rings. The Morgan fingerprint density at radius 2 is 1.76 bits per heavy atom. The zero-order chi connectivity index (χ0) is 15.4. The van der Waals surface area contributed by atoms with Crippen molar-refractivity contribution in [2.45, 2.75) is 26.5 Å². The van der Waals surface area contributed by atoms with E-state index in [2.05, 4.69) is 5.32 Å². The molecule has 0 bridgehead atoms. The van der Waals surface area contributed by atoms with E-state index in [1.54, 1.807) is 18.2 Å². The third-order valence-electron chi connectivity index (χ3n) is 2.71. The molecule has 112 valence electrons. The van der Waals surface area contributed by atoms with Crippen LogP contribution < -0.4 is 10.1 Å². The van der Waals surface area contributed by atoms with E-state index >= 15 is 0 Å². The molecule has 0 radical (unpaired) electrons. The molecule has 0 saturated carbocycles. The van der Waals surface area contributed by atoms with Gasteiger partial charge in [-0.05, 0) is 49.7 Å². The predicted molar refractivity (Wildman–Crippen MR) is 80.9 cm³/mol. The van der Waals surface area contributed by atoms with Crippen LogP contribution in [0.15, 0.2) is 36.4 Å². The molecule has 0 aliphatic heterocycles. The maximum atomic E-state index is 13.1. The van der Waals surface area contributed by atoms with E-state index in [9.17, 15) is 8.78 Å². The van der Waals surface area contributed by atoms with E-state index in [0.29, 0.717) is 22.9 Å². The molecule has 0 aliphatic rings. The van der Waals surface area contributed by atoms with Gasteiger partial charge in [0.15, 0.2) is 0 Å². The second-order valence-corrected chi connectivity index (χ2v) is 5.35. The summed E-state index contributed by atoms with van der Waals surface area (Å²) in [5.41, 5.74) is 1.27. The first-order chi connectivity index (χ1) is 9.94. The third kappa shape index (κ3) is 4.60. The first-order valence-corrected chi connectivity index (χ1v) is 6.97. The standard InChI is InChI=1S/C16H16ClF2NO/c1-10(2)21-16-4-3-14(8-15(16)17)20-9-11-5-12(18)7-13(19)6-11/h3-8,10,20H,9H2,1-2H3. The summed E-state index contributed by atoms with van der Waals surface area (Å²) in [5, 5.41) is 3.55. The quantitative estimate of drug-likeness (QED) is 0.837. The number of benzene rings is 2. The lowest BCUT2D eigenvalue weighted by Crippen LogP contribution is -2.06. The number of ether oxygens (including phenoxy) is 1. The summed E-state index contributed by atoms with van der Waals surface area (Å²) in [6.45, 7) is 4.14. The number of nitrogens with one attached hydrogen (secondary N) is 1. The zero-order valence-corrected chi connectivity index (χ0v) is 12.5. The van der Waals surface area contributed by atoms with Crippen LogP contribution in [0.1, 0.15) is 19.4 Å². The Bertz CT molecular complexity index is 611. The minimum atomic E-state index is -0.592. The molecule has 0 atom stereocenters. The Kier molecular flexibility index (Phi) is 5.02. The van der Waals surface area contributed by atoms with Gasteiger partial charge in [0.1, 0.15) is 17.4 Å². The van der Waals surface area contributed by atoms with E-state index in [1.807, 2.05) is 13.8 Å². The van der Waals surface area contributed by atoms with Crippen LogP contribution in [-0.4, -0.2) is 6.10 Å². The molecular formula is C16H16ClF2NO. The Labute approximate surface area is 127 Å². The molecule has 21 heavy (non-hydrogen) atoms. The van der Waals surface area contributed by atoms with Gasteiger partial charge in [-0.2, -0.15) is 0 Å². The van der Waals surface area contributed by atoms with Gasteiger partial charge in [-0.15, -0.1) is 0 Å². The number of anilines is 1. The second kappa shape index (κ2) is 6.76. The fourth-order valence-corrected chi connectivity index (χ4v) is 2.10. The maximum Gasteiger partial charge on any atom is 0.138 e. The van der Waals surface area contributed by atoms with Gasteiger partial charge < -0.3 is 10.1 Å². The van der Waals surface area contributed by atoms with E-state index in [0.717, 1.165) is 11.8 Å². The fourth-order valence-electron chi connectivity index (χ4n) is 1.88. The molecule has 2 rings (SSSR count). The predicted octanol–water partition coefficient (Wildman–Crippen LogP) is 5.02. The molecule has 0 unspecified atom stereocenters. The van der Waals surface area contributed by atoms with Crippen molar-refractivity contribution >= 4 is 17.3 Å². The van der Waals surface area contributed by atoms with Crippen molar-refractivity contribution in [3.8, 4) is 5.75 Å². The van der Waals surface area contributed by atoms with Crippen LogP contribution in [0, 0.1) is 11.6 Å². The normalized spacial score (nSPS) is 10.8. The van der Waals surface area contributed by atoms with Gasteiger partial charge in [0.25, 0.3) is 0 Å². The Balaban J connectivity index is 2.05. The van der Waals surface area contributed by atoms with Crippen LogP contribution in [0.3, 0.4) is 0 Å². The van der Waals surface area contributed by atoms with E-state index in [1.165, 1.54) is 12.1 Å². The number of rotatable bonds is 5. The molecule has 5 heteroatoms. The van der Waals surface area contributed by atoms with Gasteiger partial charge in [0, 0.05) is 18.3 Å². The van der Waals surface area contributed by atoms with Crippen LogP contribution in [0.5, 0.6) is 5.75 Å². The molecule has 0 spiro atoms. The van der Waals surface area contributed by atoms with Gasteiger partial charge in [0.2, 0.25) is 0 Å². The van der Waals surface area contributed by atoms with Crippen molar-refractivity contribution in [3.63, 3.8) is 0 Å². The first kappa shape index (κ1) is 15.6. The summed E-state index contributed by atoms with van der Waals surface area (Å²) in [6, 6.07) is 8.70. The first-order valence-electron chi connectivity index (χ1n) is 6.59. The third-order valence-corrected chi connectivity index (χ3v) is 3.01. The summed E-state index contributed by atoms with van der Waals surface area (Å²) in [5.74, 6) is -0.579. The molecule has 0 aliphatic carbocycles. The molecule has 1 N–H and O–H groups in total. The lowest BCUT2D eigenvalue weighted by molar-refractivity contribution is 0.242. The van der Waals surface area contributed by atoms with Gasteiger partial charge in [-0.25, -0.2) is 8.78 Å². The van der Waals surface area contributed by atoms with Gasteiger partial charge in [0.05, 0.1) is 11.1 Å². The van der Waals surface area contributed by atoms with Crippen LogP contribution in [-0.2, 0) is 6.54 Å². The summed E-state index contributed by atoms with van der Waals surface area (Å²) in [7, 11) is 0. The van der Waals surface area contributed by atoms with Gasteiger partial charge in [-0.1, -0.05) is 11.6 Å². The summed E-state index contributed by atoms with van der Waals surface area (Å²) < 4.78 is 31.7. The van der Waals surface area contributed by atoms with Crippen molar-refractivity contribution in [1.82, 2.24) is 0 Å². The molecule has 0 fully saturated rings. The highest BCUT2D eigenvalue weighted by Gasteiger charge is 2.06. The van der Waals surface area contributed by atoms with E-state index < -0.39 is 11.6 Å². The maximum absolute atomic E-state index is 13.1. The molecule has 0 heterocycles. The fraction of sp³-hybridized carbons (Fsp3) is 0.250. The van der Waals surface area contributed by atoms with Crippen molar-refractivity contribution in [2.75, 3.05) is 5.32 Å². The van der Waals surface area contributed by atoms with Crippen molar-refractivity contribution in [1.29, 1.82) is 0 Å². The summed E-state index contributed by atoms with van der Waals surface area (Å²) >= 11 is 6.12. The average Bonchev–Trinajstić information content (AvgIpc) is 2.38. The highest BCUT2D eigenvalue weighted by molar-refractivity contribution is 6.32. The topological polar surface area (TPSA) is 21.3 Å². The summed E-state index contributed by atoms with van der Waals surface area (Å²) in [4.78, 5) is 0. The van der Waals surface area contributed by atoms with Gasteiger partial charge in [-0.3, -0.25) is 0 Å². The van der Waals surface area contributed by atoms with Crippen molar-refractivity contribution in [2.24, 2.45) is 0 Å². The van der Waals surface area contributed by atoms with Crippen LogP contribution in [0.2, 0.25) is 5.02 Å². The minimum absolute atomic E-state index is 0.0385. The Morgan fingerprint density at radius 3 is 2.33 bits per heavy atom. The Hall–Kier alpha value is -1.81. The lowest BCUT2D eigenvalue weighted by atomic mass is 10.2. The molecular weight excluding hydrogens is 296 g/mol. The van der Waals surface area contributed by atoms with Crippen LogP contribution in [0.4, 0.5) is 14.5 Å². The second-order valence-electron chi connectivity index (χ2n) is 4.94. The molecule has 0 aromatic heterocycles. The van der Waals surface area contributed by atoms with Crippen LogP contribution >= 0.6 is 11.6 Å². The average molecular weight is 312 g/mol. The van der Waals surface area contributed by atoms with Crippen molar-refractivity contribution in [3.05, 3.63) is 58.6 Å². The molecule has 2 nitrogen and oxygen atoms in total. The number of hydrogen-bond donors (Lipinski definition) is 1. The number of halogens is 3. The number of hydrogen-bond acceptors (Lipinski definition) is 2. The van der Waals surface area contributed by atoms with Crippen molar-refractivity contribution < 1.29 is 13.5 Å². The molecule has 0 amide bonds. The van der Waals surface area contributed by atoms with E-state index in [4.69, 9.17) is 16.3 Å². The zero-order valence-electron chi connectivity index (χ0n) is 11.8. The summed E-state index contributed by atoms with van der Waals surface area (Å²) in [6.07, 6.45) is 0.0385. The van der Waals surface area contributed by atoms with Crippen LogP contribution in [0.25, 0.3) is 0 Å². The monoisotopic (exact) mass is 311 g/mol. The smallest absolute Gasteiger partial charge is 0.138 e. The lowest BCUT2D eigenvalue weighted by Gasteiger charge is -2.13. The van der Waals surface area contributed by atoms with E-state index in [-0.39, 0.29) is 6.10 Å². The minimum Gasteiger partial charge on any atom is -0.489 e. The van der Waals surface area contributed by atoms with Gasteiger partial charge >= 0.3 is 0 Å². The SMILES string of the molecule is CC(C)Oc1ccc(NCc2cc(F)cc(F)c2)cc1Cl. The largest absolute Gasteiger partial charge is 0.489 e.